The van der Waals surface area contributed by atoms with Crippen molar-refractivity contribution in [1.29, 1.82) is 0 Å². The van der Waals surface area contributed by atoms with Gasteiger partial charge in [-0.1, -0.05) is 22.4 Å². The number of aromatic carboxylic acids is 1. The van der Waals surface area contributed by atoms with Gasteiger partial charge < -0.3 is 10.0 Å². The fourth-order valence-electron chi connectivity index (χ4n) is 2.61. The summed E-state index contributed by atoms with van der Waals surface area (Å²) in [5.74, 6) is 0.112. The van der Waals surface area contributed by atoms with Gasteiger partial charge in [0.25, 0.3) is 0 Å². The zero-order chi connectivity index (χ0) is 14.5. The second-order valence-electron chi connectivity index (χ2n) is 5.21. The number of likely N-dealkylation sites (tertiary alicyclic amines) is 1. The van der Waals surface area contributed by atoms with Gasteiger partial charge in [0.1, 0.15) is 0 Å². The lowest BCUT2D eigenvalue weighted by molar-refractivity contribution is 0.0693. The van der Waals surface area contributed by atoms with Gasteiger partial charge in [-0.15, -0.1) is 11.8 Å². The molecule has 5 heteroatoms. The highest BCUT2D eigenvalue weighted by Gasteiger charge is 2.19. The maximum atomic E-state index is 11.2. The van der Waals surface area contributed by atoms with Crippen molar-refractivity contribution in [2.45, 2.75) is 36.6 Å². The van der Waals surface area contributed by atoms with Gasteiger partial charge in [0.15, 0.2) is 0 Å². The minimum absolute atomic E-state index is 0.398. The number of benzene rings is 1. The lowest BCUT2D eigenvalue weighted by atomic mass is 10.0. The highest BCUT2D eigenvalue weighted by Crippen LogP contribution is 2.29. The Balaban J connectivity index is 1.93. The first-order valence-corrected chi connectivity index (χ1v) is 8.71. The van der Waals surface area contributed by atoms with Crippen LogP contribution >= 0.6 is 27.7 Å². The Kier molecular flexibility index (Phi) is 5.93. The predicted octanol–water partition coefficient (Wildman–Crippen LogP) is 4.11. The molecule has 1 aliphatic rings. The Hall–Kier alpha value is -0.520. The van der Waals surface area contributed by atoms with Gasteiger partial charge in [0, 0.05) is 15.4 Å². The molecule has 0 aliphatic carbocycles. The minimum Gasteiger partial charge on any atom is -0.478 e. The molecular weight excluding hydrogens is 338 g/mol. The van der Waals surface area contributed by atoms with E-state index in [9.17, 15) is 9.90 Å². The summed E-state index contributed by atoms with van der Waals surface area (Å²) in [4.78, 5) is 14.5. The van der Waals surface area contributed by atoms with E-state index in [1.165, 1.54) is 25.8 Å². The molecule has 20 heavy (non-hydrogen) atoms. The van der Waals surface area contributed by atoms with E-state index >= 15 is 0 Å². The summed E-state index contributed by atoms with van der Waals surface area (Å²) in [7, 11) is 2.19. The van der Waals surface area contributed by atoms with Crippen molar-refractivity contribution >= 4 is 33.7 Å². The number of carboxylic acid groups (broad SMARTS) is 1. The number of carbonyl (C=O) groups is 1. The number of piperidine rings is 1. The highest BCUT2D eigenvalue weighted by molar-refractivity contribution is 9.10. The number of hydrogen-bond donors (Lipinski definition) is 1. The molecule has 2 rings (SSSR count). The van der Waals surface area contributed by atoms with Crippen molar-refractivity contribution in [3.8, 4) is 0 Å². The van der Waals surface area contributed by atoms with E-state index in [2.05, 4.69) is 27.9 Å². The third-order valence-corrected chi connectivity index (χ3v) is 5.39. The third-order valence-electron chi connectivity index (χ3n) is 3.80. The molecule has 0 amide bonds. The Morgan fingerprint density at radius 3 is 3.00 bits per heavy atom. The van der Waals surface area contributed by atoms with Gasteiger partial charge in [-0.05, 0) is 56.8 Å². The first kappa shape index (κ1) is 15.9. The maximum Gasteiger partial charge on any atom is 0.336 e. The lowest BCUT2D eigenvalue weighted by Crippen LogP contribution is -2.36. The number of rotatable bonds is 5. The molecule has 1 unspecified atom stereocenters. The van der Waals surface area contributed by atoms with E-state index in [4.69, 9.17) is 0 Å². The van der Waals surface area contributed by atoms with Gasteiger partial charge in [0.05, 0.1) is 5.56 Å². The molecule has 1 aromatic rings. The normalized spacial score (nSPS) is 20.0. The molecule has 1 N–H and O–H groups in total. The average Bonchev–Trinajstić information content (AvgIpc) is 2.41. The molecule has 0 saturated carbocycles. The van der Waals surface area contributed by atoms with Crippen LogP contribution in [0.5, 0.6) is 0 Å². The fourth-order valence-corrected chi connectivity index (χ4v) is 4.25. The molecule has 1 aliphatic heterocycles. The van der Waals surface area contributed by atoms with Crippen LogP contribution in [0.4, 0.5) is 0 Å². The van der Waals surface area contributed by atoms with Crippen LogP contribution in [-0.4, -0.2) is 41.4 Å². The van der Waals surface area contributed by atoms with Gasteiger partial charge >= 0.3 is 5.97 Å². The van der Waals surface area contributed by atoms with Crippen LogP contribution in [0.3, 0.4) is 0 Å². The fraction of sp³-hybridized carbons (Fsp3) is 0.533. The first-order chi connectivity index (χ1) is 9.58. The van der Waals surface area contributed by atoms with Gasteiger partial charge in [-0.3, -0.25) is 0 Å². The highest BCUT2D eigenvalue weighted by atomic mass is 79.9. The zero-order valence-electron chi connectivity index (χ0n) is 11.6. The van der Waals surface area contributed by atoms with E-state index in [1.54, 1.807) is 23.9 Å². The molecule has 0 aromatic heterocycles. The van der Waals surface area contributed by atoms with E-state index in [0.717, 1.165) is 21.5 Å². The van der Waals surface area contributed by atoms with Crippen LogP contribution in [0.2, 0.25) is 0 Å². The first-order valence-electron chi connectivity index (χ1n) is 6.94. The van der Waals surface area contributed by atoms with Crippen molar-refractivity contribution in [2.75, 3.05) is 19.3 Å². The lowest BCUT2D eigenvalue weighted by Gasteiger charge is -2.32. The van der Waals surface area contributed by atoms with Crippen LogP contribution in [-0.2, 0) is 0 Å². The number of thioether (sulfide) groups is 1. The Morgan fingerprint density at radius 2 is 2.30 bits per heavy atom. The summed E-state index contributed by atoms with van der Waals surface area (Å²) in [5.41, 5.74) is 0.398. The summed E-state index contributed by atoms with van der Waals surface area (Å²) < 4.78 is 0.930. The SMILES string of the molecule is CN1CCCCC1CCSc1cc(Br)ccc1C(=O)O. The number of carboxylic acids is 1. The van der Waals surface area contributed by atoms with Crippen molar-refractivity contribution < 1.29 is 9.90 Å². The molecule has 1 aromatic carbocycles. The average molecular weight is 358 g/mol. The molecule has 110 valence electrons. The van der Waals surface area contributed by atoms with Crippen molar-refractivity contribution in [3.63, 3.8) is 0 Å². The molecule has 1 fully saturated rings. The molecule has 1 atom stereocenters. The number of nitrogens with zero attached hydrogens (tertiary/aromatic N) is 1. The maximum absolute atomic E-state index is 11.2. The van der Waals surface area contributed by atoms with Crippen molar-refractivity contribution in [3.05, 3.63) is 28.2 Å². The molecule has 0 bridgehead atoms. The van der Waals surface area contributed by atoms with Crippen LogP contribution in [0.1, 0.15) is 36.0 Å². The number of hydrogen-bond acceptors (Lipinski definition) is 3. The summed E-state index contributed by atoms with van der Waals surface area (Å²) >= 11 is 5.06. The third kappa shape index (κ3) is 4.24. The quantitative estimate of drug-likeness (QED) is 0.804. The van der Waals surface area contributed by atoms with Crippen LogP contribution in [0, 0.1) is 0 Å². The molecule has 0 radical (unpaired) electrons. The van der Waals surface area contributed by atoms with Gasteiger partial charge in [0.2, 0.25) is 0 Å². The largest absolute Gasteiger partial charge is 0.478 e. The van der Waals surface area contributed by atoms with Crippen molar-refractivity contribution in [1.82, 2.24) is 4.90 Å². The van der Waals surface area contributed by atoms with Crippen LogP contribution in [0.25, 0.3) is 0 Å². The zero-order valence-corrected chi connectivity index (χ0v) is 14.0. The molecule has 1 saturated heterocycles. The number of halogens is 1. The second kappa shape index (κ2) is 7.48. The molecular formula is C15H20BrNO2S. The Morgan fingerprint density at radius 1 is 1.50 bits per heavy atom. The Labute approximate surface area is 132 Å². The summed E-state index contributed by atoms with van der Waals surface area (Å²) in [6, 6.07) is 6.00. The minimum atomic E-state index is -0.852. The van der Waals surface area contributed by atoms with Gasteiger partial charge in [-0.2, -0.15) is 0 Å². The summed E-state index contributed by atoms with van der Waals surface area (Å²) in [5, 5.41) is 9.21. The second-order valence-corrected chi connectivity index (χ2v) is 7.27. The van der Waals surface area contributed by atoms with Crippen molar-refractivity contribution in [2.24, 2.45) is 0 Å². The van der Waals surface area contributed by atoms with Crippen LogP contribution < -0.4 is 0 Å². The summed E-state index contributed by atoms with van der Waals surface area (Å²) in [6.45, 7) is 1.19. The molecule has 0 spiro atoms. The smallest absolute Gasteiger partial charge is 0.336 e. The predicted molar refractivity (Wildman–Crippen MR) is 86.7 cm³/mol. The topological polar surface area (TPSA) is 40.5 Å². The van der Waals surface area contributed by atoms with E-state index in [0.29, 0.717) is 11.6 Å². The molecule has 3 nitrogen and oxygen atoms in total. The van der Waals surface area contributed by atoms with E-state index in [1.807, 2.05) is 6.07 Å². The summed E-state index contributed by atoms with van der Waals surface area (Å²) in [6.07, 6.45) is 5.00. The molecule has 1 heterocycles. The van der Waals surface area contributed by atoms with E-state index in [-0.39, 0.29) is 0 Å². The van der Waals surface area contributed by atoms with Gasteiger partial charge in [-0.25, -0.2) is 4.79 Å². The monoisotopic (exact) mass is 357 g/mol. The van der Waals surface area contributed by atoms with E-state index < -0.39 is 5.97 Å². The Bertz CT molecular complexity index is 481. The standard InChI is InChI=1S/C15H20BrNO2S/c1-17-8-3-2-4-12(17)7-9-20-14-10-11(16)5-6-13(14)15(18)19/h5-6,10,12H,2-4,7-9H2,1H3,(H,18,19). The van der Waals surface area contributed by atoms with Crippen LogP contribution in [0.15, 0.2) is 27.6 Å².